The minimum Gasteiger partial charge on any atom is -0.462 e. The number of rotatable bonds is 67. The van der Waals surface area contributed by atoms with Crippen molar-refractivity contribution in [2.24, 2.45) is 5.73 Å². The molecule has 0 saturated carbocycles. The van der Waals surface area contributed by atoms with Crippen molar-refractivity contribution >= 4 is 19.8 Å². The summed E-state index contributed by atoms with van der Waals surface area (Å²) in [5.74, 6) is -0.849. The van der Waals surface area contributed by atoms with Crippen molar-refractivity contribution < 1.29 is 37.6 Å². The fraction of sp³-hybridized carbons (Fsp3) is 0.671. The van der Waals surface area contributed by atoms with Crippen LogP contribution in [0, 0.1) is 0 Å². The lowest BCUT2D eigenvalue weighted by Crippen LogP contribution is -2.29. The van der Waals surface area contributed by atoms with E-state index < -0.39 is 26.5 Å². The van der Waals surface area contributed by atoms with Crippen molar-refractivity contribution in [2.45, 2.75) is 315 Å². The number of nitrogens with two attached hydrogens (primary N) is 1. The first-order valence-electron chi connectivity index (χ1n) is 36.3. The molecule has 0 aliphatic carbocycles. The van der Waals surface area contributed by atoms with Crippen molar-refractivity contribution in [2.75, 3.05) is 26.4 Å². The van der Waals surface area contributed by atoms with Gasteiger partial charge in [-0.3, -0.25) is 18.6 Å². The smallest absolute Gasteiger partial charge is 0.462 e. The van der Waals surface area contributed by atoms with Crippen molar-refractivity contribution in [3.05, 3.63) is 146 Å². The Labute approximate surface area is 547 Å². The Hall–Kier alpha value is -4.11. The number of hydrogen-bond acceptors (Lipinski definition) is 8. The Bertz CT molecular complexity index is 1970. The van der Waals surface area contributed by atoms with E-state index in [9.17, 15) is 19.0 Å². The van der Waals surface area contributed by atoms with E-state index in [1.165, 1.54) is 154 Å². The largest absolute Gasteiger partial charge is 0.472 e. The van der Waals surface area contributed by atoms with Gasteiger partial charge in [-0.1, -0.05) is 320 Å². The third-order valence-corrected chi connectivity index (χ3v) is 16.2. The maximum absolute atomic E-state index is 12.8. The van der Waals surface area contributed by atoms with Crippen LogP contribution in [0.25, 0.3) is 0 Å². The van der Waals surface area contributed by atoms with Gasteiger partial charge < -0.3 is 20.1 Å². The first kappa shape index (κ1) is 84.9. The second-order valence-corrected chi connectivity index (χ2v) is 25.2. The summed E-state index contributed by atoms with van der Waals surface area (Å²) in [5.41, 5.74) is 5.40. The molecule has 0 spiro atoms. The molecule has 0 bridgehead atoms. The summed E-state index contributed by atoms with van der Waals surface area (Å²) in [5, 5.41) is 0. The van der Waals surface area contributed by atoms with Crippen LogP contribution in [0.15, 0.2) is 146 Å². The van der Waals surface area contributed by atoms with E-state index in [-0.39, 0.29) is 38.6 Å². The van der Waals surface area contributed by atoms with Gasteiger partial charge in [0.2, 0.25) is 0 Å². The van der Waals surface area contributed by atoms with Gasteiger partial charge in [0.15, 0.2) is 6.10 Å². The Balaban J connectivity index is 3.98. The van der Waals surface area contributed by atoms with Crippen LogP contribution < -0.4 is 5.73 Å². The van der Waals surface area contributed by atoms with Crippen molar-refractivity contribution in [1.29, 1.82) is 0 Å². The minimum atomic E-state index is -4.41. The monoisotopic (exact) mass is 1260 g/mol. The van der Waals surface area contributed by atoms with Gasteiger partial charge in [-0.25, -0.2) is 4.57 Å². The maximum atomic E-state index is 12.8. The van der Waals surface area contributed by atoms with Crippen LogP contribution in [0.2, 0.25) is 0 Å². The number of phosphoric acid groups is 1. The highest BCUT2D eigenvalue weighted by molar-refractivity contribution is 7.47. The molecule has 0 aromatic carbocycles. The van der Waals surface area contributed by atoms with Gasteiger partial charge in [0.05, 0.1) is 13.2 Å². The molecule has 0 aromatic rings. The second-order valence-electron chi connectivity index (χ2n) is 23.7. The molecule has 3 N–H and O–H groups in total. The number of carbonyl (C=O) groups excluding carboxylic acids is 2. The van der Waals surface area contributed by atoms with Crippen LogP contribution >= 0.6 is 7.82 Å². The van der Waals surface area contributed by atoms with Gasteiger partial charge in [-0.15, -0.1) is 0 Å². The van der Waals surface area contributed by atoms with E-state index in [0.29, 0.717) is 6.42 Å². The zero-order valence-electron chi connectivity index (χ0n) is 57.1. The maximum Gasteiger partial charge on any atom is 0.472 e. The van der Waals surface area contributed by atoms with Crippen LogP contribution in [0.1, 0.15) is 309 Å². The average Bonchev–Trinajstić information content (AvgIpc) is 3.68. The number of carbonyl (C=O) groups is 2. The lowest BCUT2D eigenvalue weighted by atomic mass is 10.0. The van der Waals surface area contributed by atoms with Crippen molar-refractivity contribution in [3.8, 4) is 0 Å². The van der Waals surface area contributed by atoms with E-state index in [4.69, 9.17) is 24.3 Å². The van der Waals surface area contributed by atoms with Gasteiger partial charge in [0, 0.05) is 19.4 Å². The third-order valence-electron chi connectivity index (χ3n) is 15.2. The summed E-state index contributed by atoms with van der Waals surface area (Å²) in [6.45, 7) is 3.63. The summed E-state index contributed by atoms with van der Waals surface area (Å²) in [6.07, 6.45) is 105. The molecule has 2 unspecified atom stereocenters. The molecule has 0 aliphatic rings. The van der Waals surface area contributed by atoms with Gasteiger partial charge in [-0.2, -0.15) is 0 Å². The molecule has 10 heteroatoms. The number of ether oxygens (including phenoxy) is 2. The van der Waals surface area contributed by atoms with Gasteiger partial charge in [0.25, 0.3) is 0 Å². The second kappa shape index (κ2) is 72.9. The van der Waals surface area contributed by atoms with Crippen LogP contribution in [0.3, 0.4) is 0 Å². The first-order valence-corrected chi connectivity index (χ1v) is 37.8. The predicted octanol–water partition coefficient (Wildman–Crippen LogP) is 24.2. The number of allylic oxidation sites excluding steroid dienone is 24. The molecule has 0 rings (SSSR count). The minimum absolute atomic E-state index is 0.0439. The summed E-state index contributed by atoms with van der Waals surface area (Å²) in [6, 6.07) is 0. The summed E-state index contributed by atoms with van der Waals surface area (Å²) in [7, 11) is -4.41. The molecule has 0 aromatic heterocycles. The van der Waals surface area contributed by atoms with Crippen molar-refractivity contribution in [1.82, 2.24) is 0 Å². The van der Waals surface area contributed by atoms with E-state index in [2.05, 4.69) is 160 Å². The average molecular weight is 1260 g/mol. The molecule has 0 saturated heterocycles. The quantitative estimate of drug-likeness (QED) is 0.0264. The lowest BCUT2D eigenvalue weighted by molar-refractivity contribution is -0.161. The standard InChI is InChI=1S/C79H134NO8P/c1-3-5-7-9-11-13-15-17-19-21-23-25-27-29-31-33-34-35-36-37-38-39-40-41-42-44-46-48-50-52-54-56-58-60-62-64-66-68-70-72-79(82)88-77(76-87-89(83,84)86-74-73-80)75-85-78(81)71-69-67-65-63-61-59-57-55-53-51-49-47-45-43-32-30-28-26-24-22-20-18-16-14-12-10-8-6-4-2/h5,7,11,13,17,19,22-25,29,31,34-35,37-38,40-41,44,46,50,52,56,58,77H,3-4,6,8-10,12,14-16,18,20-21,26-28,30,32-33,36,39,42-43,45,47-49,51,53-55,57,59-76,80H2,1-2H3,(H,83,84)/b7-5-,13-11-,19-17-,24-22-,25-23-,31-29-,35-34-,38-37-,41-40-,46-44-,52-50-,58-56-. The number of unbranched alkanes of at least 4 members (excludes halogenated alkanes) is 30. The zero-order valence-corrected chi connectivity index (χ0v) is 58.0. The van der Waals surface area contributed by atoms with Gasteiger partial charge in [0.1, 0.15) is 6.61 Å². The Morgan fingerprint density at radius 3 is 0.933 bits per heavy atom. The molecule has 0 amide bonds. The molecule has 0 aliphatic heterocycles. The van der Waals surface area contributed by atoms with E-state index >= 15 is 0 Å². The van der Waals surface area contributed by atoms with Crippen LogP contribution in [0.5, 0.6) is 0 Å². The normalized spacial score (nSPS) is 13.8. The van der Waals surface area contributed by atoms with Gasteiger partial charge >= 0.3 is 19.8 Å². The fourth-order valence-electron chi connectivity index (χ4n) is 9.87. The Morgan fingerprint density at radius 2 is 0.618 bits per heavy atom. The number of esters is 2. The fourth-order valence-corrected chi connectivity index (χ4v) is 10.6. The first-order chi connectivity index (χ1) is 43.8. The molecular formula is C79H134NO8P. The molecule has 0 fully saturated rings. The number of hydrogen-bond donors (Lipinski definition) is 2. The third kappa shape index (κ3) is 72.8. The van der Waals surface area contributed by atoms with Crippen LogP contribution in [-0.2, 0) is 32.7 Å². The van der Waals surface area contributed by atoms with Crippen LogP contribution in [0.4, 0.5) is 0 Å². The van der Waals surface area contributed by atoms with Gasteiger partial charge in [-0.05, 0) is 122 Å². The van der Waals surface area contributed by atoms with E-state index in [0.717, 1.165) is 122 Å². The highest BCUT2D eigenvalue weighted by Gasteiger charge is 2.26. The highest BCUT2D eigenvalue weighted by Crippen LogP contribution is 2.43. The lowest BCUT2D eigenvalue weighted by Gasteiger charge is -2.19. The SMILES string of the molecule is CC/C=C\C/C=C\C/C=C\C/C=C\C/C=C\C/C=C\C/C=C\C/C=C\C/C=C\C/C=C\C/C=C\CCCCCCCC(=O)OC(COC(=O)CCCCCCCCCCCCCCCCCCC/C=C\CCCCCCCCCC)COP(=O)(O)OCCN. The molecule has 0 heterocycles. The molecule has 9 nitrogen and oxygen atoms in total. The molecule has 508 valence electrons. The topological polar surface area (TPSA) is 134 Å². The molecular weight excluding hydrogens is 1120 g/mol. The Morgan fingerprint density at radius 1 is 0.348 bits per heavy atom. The molecule has 2 atom stereocenters. The molecule has 89 heavy (non-hydrogen) atoms. The predicted molar refractivity (Wildman–Crippen MR) is 385 cm³/mol. The zero-order chi connectivity index (χ0) is 64.4. The summed E-state index contributed by atoms with van der Waals surface area (Å²) in [4.78, 5) is 35.4. The number of phosphoric ester groups is 1. The van der Waals surface area contributed by atoms with Crippen molar-refractivity contribution in [3.63, 3.8) is 0 Å². The van der Waals surface area contributed by atoms with Crippen LogP contribution in [-0.4, -0.2) is 49.3 Å². The van der Waals surface area contributed by atoms with E-state index in [1.54, 1.807) is 0 Å². The summed E-state index contributed by atoms with van der Waals surface area (Å²) < 4.78 is 33.2. The summed E-state index contributed by atoms with van der Waals surface area (Å²) >= 11 is 0. The molecule has 0 radical (unpaired) electrons. The van der Waals surface area contributed by atoms with E-state index in [1.807, 2.05) is 0 Å². The highest BCUT2D eigenvalue weighted by atomic mass is 31.2. The Kier molecular flexibility index (Phi) is 69.6.